The Morgan fingerprint density at radius 1 is 0.647 bits per heavy atom. The third-order valence-corrected chi connectivity index (χ3v) is 5.51. The van der Waals surface area contributed by atoms with E-state index in [4.69, 9.17) is 24.4 Å². The predicted octanol–water partition coefficient (Wildman–Crippen LogP) is 5.47. The van der Waals surface area contributed by atoms with Crippen molar-refractivity contribution in [2.75, 3.05) is 10.6 Å². The molecule has 0 aromatic heterocycles. The van der Waals surface area contributed by atoms with E-state index in [9.17, 15) is 17.6 Å². The zero-order valence-electron chi connectivity index (χ0n) is 17.9. The molecule has 0 spiro atoms. The first-order valence-corrected chi connectivity index (χ1v) is 11.3. The molecule has 1 aliphatic carbocycles. The second kappa shape index (κ2) is 12.6. The Bertz CT molecular complexity index is 863. The van der Waals surface area contributed by atoms with Crippen LogP contribution in [0.25, 0.3) is 0 Å². The standard InChI is InChI=1S/C22H24F4N4O2S2/c23-19(24)31-17-9-5-15(6-10-17)29-21(33)27-13-1-2-14(4-3-13)28-22(34)30-16-7-11-18(12-8-16)32-20(25)26/h5-14,19-20H,1-4H2,(H2,27,29,33)(H2,28,30,34). The second-order valence-electron chi connectivity index (χ2n) is 7.55. The Kier molecular flexibility index (Phi) is 9.52. The van der Waals surface area contributed by atoms with E-state index < -0.39 is 13.2 Å². The van der Waals surface area contributed by atoms with Crippen LogP contribution in [0.15, 0.2) is 48.5 Å². The van der Waals surface area contributed by atoms with Gasteiger partial charge in [-0.1, -0.05) is 0 Å². The highest BCUT2D eigenvalue weighted by Crippen LogP contribution is 2.21. The summed E-state index contributed by atoms with van der Waals surface area (Å²) in [5.74, 6) is 0.158. The topological polar surface area (TPSA) is 66.6 Å². The van der Waals surface area contributed by atoms with E-state index in [1.165, 1.54) is 24.3 Å². The lowest BCUT2D eigenvalue weighted by Gasteiger charge is -2.31. The Labute approximate surface area is 205 Å². The van der Waals surface area contributed by atoms with Gasteiger partial charge in [-0.05, 0) is 98.6 Å². The largest absolute Gasteiger partial charge is 0.435 e. The molecule has 34 heavy (non-hydrogen) atoms. The molecule has 0 amide bonds. The van der Waals surface area contributed by atoms with Crippen LogP contribution in [0, 0.1) is 0 Å². The average molecular weight is 517 g/mol. The highest BCUT2D eigenvalue weighted by Gasteiger charge is 2.22. The van der Waals surface area contributed by atoms with Crippen LogP contribution in [0.5, 0.6) is 11.5 Å². The molecule has 2 aromatic carbocycles. The molecule has 1 aliphatic rings. The molecule has 0 atom stereocenters. The summed E-state index contributed by atoms with van der Waals surface area (Å²) >= 11 is 10.7. The Hall–Kier alpha value is -2.86. The lowest BCUT2D eigenvalue weighted by molar-refractivity contribution is -0.0505. The summed E-state index contributed by atoms with van der Waals surface area (Å²) in [6, 6.07) is 12.6. The first-order chi connectivity index (χ1) is 16.3. The van der Waals surface area contributed by atoms with Gasteiger partial charge in [0.25, 0.3) is 0 Å². The minimum Gasteiger partial charge on any atom is -0.435 e. The maximum atomic E-state index is 12.2. The fourth-order valence-corrected chi connectivity index (χ4v) is 4.10. The molecule has 3 rings (SSSR count). The van der Waals surface area contributed by atoms with Crippen LogP contribution in [0.3, 0.4) is 0 Å². The van der Waals surface area contributed by atoms with Crippen LogP contribution in [-0.2, 0) is 0 Å². The predicted molar refractivity (Wildman–Crippen MR) is 131 cm³/mol. The van der Waals surface area contributed by atoms with E-state index in [0.717, 1.165) is 25.7 Å². The normalized spacial score (nSPS) is 17.7. The van der Waals surface area contributed by atoms with Crippen molar-refractivity contribution >= 4 is 46.0 Å². The number of hydrogen-bond donors (Lipinski definition) is 4. The van der Waals surface area contributed by atoms with Gasteiger partial charge in [-0.15, -0.1) is 0 Å². The molecule has 4 N–H and O–H groups in total. The molecule has 2 aromatic rings. The molecule has 0 bridgehead atoms. The molecule has 0 heterocycles. The van der Waals surface area contributed by atoms with Gasteiger partial charge in [0.05, 0.1) is 0 Å². The molecule has 1 fully saturated rings. The molecule has 184 valence electrons. The van der Waals surface area contributed by atoms with Gasteiger partial charge >= 0.3 is 13.2 Å². The Balaban J connectivity index is 1.36. The van der Waals surface area contributed by atoms with Crippen LogP contribution in [-0.4, -0.2) is 35.5 Å². The van der Waals surface area contributed by atoms with Crippen LogP contribution in [0.2, 0.25) is 0 Å². The van der Waals surface area contributed by atoms with E-state index in [-0.39, 0.29) is 23.6 Å². The van der Waals surface area contributed by atoms with Gasteiger partial charge in [0.2, 0.25) is 0 Å². The SMILES string of the molecule is FC(F)Oc1ccc(NC(=S)NC2CCC(NC(=S)Nc3ccc(OC(F)F)cc3)CC2)cc1. The van der Waals surface area contributed by atoms with E-state index >= 15 is 0 Å². The van der Waals surface area contributed by atoms with Gasteiger partial charge in [-0.2, -0.15) is 17.6 Å². The molecular formula is C22H24F4N4O2S2. The first-order valence-electron chi connectivity index (χ1n) is 10.5. The quantitative estimate of drug-likeness (QED) is 0.272. The third-order valence-electron chi connectivity index (χ3n) is 5.07. The van der Waals surface area contributed by atoms with Crippen molar-refractivity contribution in [3.8, 4) is 11.5 Å². The first kappa shape index (κ1) is 25.8. The van der Waals surface area contributed by atoms with Gasteiger partial charge in [0.15, 0.2) is 10.2 Å². The second-order valence-corrected chi connectivity index (χ2v) is 8.37. The number of benzene rings is 2. The van der Waals surface area contributed by atoms with Gasteiger partial charge in [-0.3, -0.25) is 0 Å². The van der Waals surface area contributed by atoms with E-state index in [0.29, 0.717) is 21.6 Å². The maximum absolute atomic E-state index is 12.2. The van der Waals surface area contributed by atoms with E-state index in [1.54, 1.807) is 24.3 Å². The van der Waals surface area contributed by atoms with Crippen molar-refractivity contribution < 1.29 is 27.0 Å². The summed E-state index contributed by atoms with van der Waals surface area (Å²) < 4.78 is 57.6. The van der Waals surface area contributed by atoms with Crippen molar-refractivity contribution in [3.05, 3.63) is 48.5 Å². The zero-order valence-corrected chi connectivity index (χ0v) is 19.5. The lowest BCUT2D eigenvalue weighted by Crippen LogP contribution is -2.45. The summed E-state index contributed by atoms with van der Waals surface area (Å²) in [5, 5.41) is 13.5. The number of hydrogen-bond acceptors (Lipinski definition) is 4. The van der Waals surface area contributed by atoms with Crippen LogP contribution in [0.4, 0.5) is 28.9 Å². The van der Waals surface area contributed by atoms with Gasteiger partial charge < -0.3 is 30.7 Å². The number of anilines is 2. The highest BCUT2D eigenvalue weighted by molar-refractivity contribution is 7.80. The fraction of sp³-hybridized carbons (Fsp3) is 0.364. The van der Waals surface area contributed by atoms with Crippen molar-refractivity contribution in [1.82, 2.24) is 10.6 Å². The van der Waals surface area contributed by atoms with E-state index in [1.807, 2.05) is 0 Å². The van der Waals surface area contributed by atoms with Crippen molar-refractivity contribution in [3.63, 3.8) is 0 Å². The summed E-state index contributed by atoms with van der Waals surface area (Å²) in [7, 11) is 0. The fourth-order valence-electron chi connectivity index (χ4n) is 3.53. The van der Waals surface area contributed by atoms with Crippen molar-refractivity contribution in [1.29, 1.82) is 0 Å². The smallest absolute Gasteiger partial charge is 0.387 e. The average Bonchev–Trinajstić information content (AvgIpc) is 2.77. The van der Waals surface area contributed by atoms with Crippen LogP contribution >= 0.6 is 24.4 Å². The molecule has 0 aliphatic heterocycles. The number of nitrogens with one attached hydrogen (secondary N) is 4. The minimum absolute atomic E-state index is 0.0791. The molecular weight excluding hydrogens is 492 g/mol. The molecule has 0 unspecified atom stereocenters. The molecule has 1 saturated carbocycles. The van der Waals surface area contributed by atoms with Gasteiger partial charge in [-0.25, -0.2) is 0 Å². The number of thiocarbonyl (C=S) groups is 2. The monoisotopic (exact) mass is 516 g/mol. The minimum atomic E-state index is -2.86. The highest BCUT2D eigenvalue weighted by atomic mass is 32.1. The van der Waals surface area contributed by atoms with Crippen LogP contribution in [0.1, 0.15) is 25.7 Å². The molecule has 12 heteroatoms. The molecule has 0 radical (unpaired) electrons. The molecule has 6 nitrogen and oxygen atoms in total. The lowest BCUT2D eigenvalue weighted by atomic mass is 9.91. The Morgan fingerprint density at radius 2 is 0.971 bits per heavy atom. The maximum Gasteiger partial charge on any atom is 0.387 e. The summed E-state index contributed by atoms with van der Waals surface area (Å²) in [4.78, 5) is 0. The summed E-state index contributed by atoms with van der Waals surface area (Å²) in [5.41, 5.74) is 1.33. The number of rotatable bonds is 8. The number of halogens is 4. The van der Waals surface area contributed by atoms with Crippen LogP contribution < -0.4 is 30.7 Å². The van der Waals surface area contributed by atoms with Crippen molar-refractivity contribution in [2.45, 2.75) is 51.0 Å². The zero-order chi connectivity index (χ0) is 24.5. The summed E-state index contributed by atoms with van der Waals surface area (Å²) in [6.45, 7) is -5.73. The van der Waals surface area contributed by atoms with Gasteiger partial charge in [0.1, 0.15) is 11.5 Å². The third kappa shape index (κ3) is 8.82. The number of alkyl halides is 4. The van der Waals surface area contributed by atoms with Gasteiger partial charge in [0, 0.05) is 23.5 Å². The van der Waals surface area contributed by atoms with E-state index in [2.05, 4.69) is 30.7 Å². The van der Waals surface area contributed by atoms with Crippen molar-refractivity contribution in [2.24, 2.45) is 0 Å². The number of ether oxygens (including phenoxy) is 2. The summed E-state index contributed by atoms with van der Waals surface area (Å²) in [6.07, 6.45) is 3.51. The Morgan fingerprint density at radius 3 is 1.26 bits per heavy atom. The molecule has 0 saturated heterocycles.